The highest BCUT2D eigenvalue weighted by Crippen LogP contribution is 2.21. The summed E-state index contributed by atoms with van der Waals surface area (Å²) in [4.78, 5) is 28.6. The standard InChI is InChI=1S/C13H17F3N4O3/c1-3-4-19-7-17-10-9(19)11(22)20(12(23)18(10)2)6-8(21)5-13(14,15)16/h7-8,21H,3-6H2,1-2H3/t8-/m0/s1. The van der Waals surface area contributed by atoms with Crippen LogP contribution in [0.4, 0.5) is 13.2 Å². The molecule has 2 heterocycles. The summed E-state index contributed by atoms with van der Waals surface area (Å²) in [7, 11) is 1.38. The molecule has 0 aliphatic rings. The molecule has 2 rings (SSSR count). The predicted octanol–water partition coefficient (Wildman–Crippen LogP) is 0.620. The summed E-state index contributed by atoms with van der Waals surface area (Å²) in [6, 6.07) is 0. The van der Waals surface area contributed by atoms with Crippen LogP contribution in [0.25, 0.3) is 11.2 Å². The van der Waals surface area contributed by atoms with Crippen molar-refractivity contribution in [1.82, 2.24) is 18.7 Å². The van der Waals surface area contributed by atoms with Crippen LogP contribution in [-0.2, 0) is 20.1 Å². The number of rotatable bonds is 5. The molecule has 0 fully saturated rings. The van der Waals surface area contributed by atoms with Gasteiger partial charge in [0.1, 0.15) is 0 Å². The quantitative estimate of drug-likeness (QED) is 0.869. The fourth-order valence-corrected chi connectivity index (χ4v) is 2.44. The summed E-state index contributed by atoms with van der Waals surface area (Å²) >= 11 is 0. The van der Waals surface area contributed by atoms with Crippen LogP contribution in [0.5, 0.6) is 0 Å². The van der Waals surface area contributed by atoms with E-state index in [-0.39, 0.29) is 11.2 Å². The Bertz CT molecular complexity index is 819. The van der Waals surface area contributed by atoms with Crippen molar-refractivity contribution in [3.05, 3.63) is 27.2 Å². The molecule has 1 atom stereocenters. The van der Waals surface area contributed by atoms with E-state index in [1.165, 1.54) is 13.4 Å². The van der Waals surface area contributed by atoms with E-state index in [2.05, 4.69) is 4.98 Å². The Morgan fingerprint density at radius 2 is 2.00 bits per heavy atom. The number of aliphatic hydroxyl groups is 1. The minimum atomic E-state index is -4.58. The first-order chi connectivity index (χ1) is 10.7. The summed E-state index contributed by atoms with van der Waals surface area (Å²) in [5.41, 5.74) is -1.27. The molecule has 1 N–H and O–H groups in total. The van der Waals surface area contributed by atoms with Gasteiger partial charge < -0.3 is 9.67 Å². The van der Waals surface area contributed by atoms with Gasteiger partial charge in [-0.2, -0.15) is 13.2 Å². The lowest BCUT2D eigenvalue weighted by Gasteiger charge is -2.15. The molecule has 0 aliphatic heterocycles. The van der Waals surface area contributed by atoms with Crippen LogP contribution in [-0.4, -0.2) is 36.1 Å². The lowest BCUT2D eigenvalue weighted by molar-refractivity contribution is -0.154. The molecule has 2 aromatic heterocycles. The van der Waals surface area contributed by atoms with Crippen LogP contribution in [0.2, 0.25) is 0 Å². The molecule has 0 saturated carbocycles. The van der Waals surface area contributed by atoms with E-state index in [0.29, 0.717) is 17.5 Å². The minimum Gasteiger partial charge on any atom is -0.391 e. The molecule has 10 heteroatoms. The zero-order valence-corrected chi connectivity index (χ0v) is 12.7. The zero-order chi connectivity index (χ0) is 17.4. The van der Waals surface area contributed by atoms with Gasteiger partial charge in [-0.15, -0.1) is 0 Å². The van der Waals surface area contributed by atoms with Gasteiger partial charge in [0.05, 0.1) is 25.4 Å². The minimum absolute atomic E-state index is 0.133. The van der Waals surface area contributed by atoms with Gasteiger partial charge in [-0.05, 0) is 6.42 Å². The molecular weight excluding hydrogens is 317 g/mol. The van der Waals surface area contributed by atoms with Crippen LogP contribution in [0.15, 0.2) is 15.9 Å². The highest BCUT2D eigenvalue weighted by atomic mass is 19.4. The Hall–Kier alpha value is -2.10. The van der Waals surface area contributed by atoms with E-state index in [1.807, 2.05) is 6.92 Å². The number of fused-ring (bicyclic) bond motifs is 1. The van der Waals surface area contributed by atoms with Crippen molar-refractivity contribution in [3.8, 4) is 0 Å². The predicted molar refractivity (Wildman–Crippen MR) is 76.2 cm³/mol. The largest absolute Gasteiger partial charge is 0.391 e. The Morgan fingerprint density at radius 1 is 1.35 bits per heavy atom. The SMILES string of the molecule is CCCn1cnc2c1c(=O)n(C[C@@H](O)CC(F)(F)F)c(=O)n2C. The fraction of sp³-hybridized carbons (Fsp3) is 0.615. The van der Waals surface area contributed by atoms with Crippen molar-refractivity contribution in [1.29, 1.82) is 0 Å². The maximum Gasteiger partial charge on any atom is 0.391 e. The van der Waals surface area contributed by atoms with E-state index in [1.54, 1.807) is 4.57 Å². The average Bonchev–Trinajstić information content (AvgIpc) is 2.84. The molecule has 0 aromatic carbocycles. The van der Waals surface area contributed by atoms with Gasteiger partial charge in [-0.25, -0.2) is 9.78 Å². The summed E-state index contributed by atoms with van der Waals surface area (Å²) in [6.45, 7) is 1.65. The van der Waals surface area contributed by atoms with Crippen LogP contribution in [0.3, 0.4) is 0 Å². The van der Waals surface area contributed by atoms with E-state index in [0.717, 1.165) is 4.57 Å². The highest BCUT2D eigenvalue weighted by molar-refractivity contribution is 5.69. The highest BCUT2D eigenvalue weighted by Gasteiger charge is 2.32. The maximum atomic E-state index is 12.5. The summed E-state index contributed by atoms with van der Waals surface area (Å²) in [6.07, 6.45) is -5.83. The van der Waals surface area contributed by atoms with Crippen LogP contribution in [0, 0.1) is 0 Å². The van der Waals surface area contributed by atoms with Gasteiger partial charge in [0.2, 0.25) is 0 Å². The van der Waals surface area contributed by atoms with Gasteiger partial charge >= 0.3 is 11.9 Å². The van der Waals surface area contributed by atoms with E-state index >= 15 is 0 Å². The number of alkyl halides is 3. The Kier molecular flexibility index (Phi) is 4.64. The molecule has 7 nitrogen and oxygen atoms in total. The van der Waals surface area contributed by atoms with Gasteiger partial charge in [-0.1, -0.05) is 6.92 Å². The van der Waals surface area contributed by atoms with Crippen molar-refractivity contribution in [3.63, 3.8) is 0 Å². The fourth-order valence-electron chi connectivity index (χ4n) is 2.44. The number of aryl methyl sites for hydroxylation is 2. The Labute approximate surface area is 128 Å². The third kappa shape index (κ3) is 3.46. The number of hydrogen-bond donors (Lipinski definition) is 1. The second kappa shape index (κ2) is 6.19. The molecule has 128 valence electrons. The molecule has 0 unspecified atom stereocenters. The molecule has 2 aromatic rings. The lowest BCUT2D eigenvalue weighted by Crippen LogP contribution is -2.42. The first-order valence-corrected chi connectivity index (χ1v) is 7.05. The maximum absolute atomic E-state index is 12.5. The van der Waals surface area contributed by atoms with Crippen molar-refractivity contribution in [2.45, 2.75) is 45.1 Å². The summed E-state index contributed by atoms with van der Waals surface area (Å²) < 4.78 is 40.2. The number of hydrogen-bond acceptors (Lipinski definition) is 4. The van der Waals surface area contributed by atoms with E-state index in [9.17, 15) is 27.9 Å². The van der Waals surface area contributed by atoms with Gasteiger partial charge in [0.25, 0.3) is 5.56 Å². The average molecular weight is 334 g/mol. The molecule has 0 aliphatic carbocycles. The number of halogens is 3. The third-order valence-corrected chi connectivity index (χ3v) is 3.43. The van der Waals surface area contributed by atoms with Crippen LogP contribution >= 0.6 is 0 Å². The normalized spacial score (nSPS) is 13.7. The van der Waals surface area contributed by atoms with E-state index < -0.39 is 36.5 Å². The van der Waals surface area contributed by atoms with Crippen molar-refractivity contribution in [2.24, 2.45) is 7.05 Å². The topological polar surface area (TPSA) is 82.1 Å². The van der Waals surface area contributed by atoms with Crippen molar-refractivity contribution in [2.75, 3.05) is 0 Å². The van der Waals surface area contributed by atoms with Crippen molar-refractivity contribution >= 4 is 11.2 Å². The molecule has 0 radical (unpaired) electrons. The van der Waals surface area contributed by atoms with E-state index in [4.69, 9.17) is 0 Å². The molecule has 0 saturated heterocycles. The number of nitrogens with zero attached hydrogens (tertiary/aromatic N) is 4. The zero-order valence-electron chi connectivity index (χ0n) is 12.7. The molecule has 23 heavy (non-hydrogen) atoms. The molecular formula is C13H17F3N4O3. The lowest BCUT2D eigenvalue weighted by atomic mass is 10.2. The smallest absolute Gasteiger partial charge is 0.391 e. The Balaban J connectivity index is 2.54. The monoisotopic (exact) mass is 334 g/mol. The first-order valence-electron chi connectivity index (χ1n) is 7.05. The Morgan fingerprint density at radius 3 is 2.57 bits per heavy atom. The summed E-state index contributed by atoms with van der Waals surface area (Å²) in [5, 5.41) is 9.52. The third-order valence-electron chi connectivity index (χ3n) is 3.43. The van der Waals surface area contributed by atoms with Crippen LogP contribution in [0.1, 0.15) is 19.8 Å². The number of imidazole rings is 1. The summed E-state index contributed by atoms with van der Waals surface area (Å²) in [5.74, 6) is 0. The molecule has 0 bridgehead atoms. The van der Waals surface area contributed by atoms with Gasteiger partial charge in [0, 0.05) is 13.6 Å². The van der Waals surface area contributed by atoms with Crippen LogP contribution < -0.4 is 11.2 Å². The molecule has 0 amide bonds. The van der Waals surface area contributed by atoms with Gasteiger partial charge in [-0.3, -0.25) is 13.9 Å². The number of aliphatic hydroxyl groups excluding tert-OH is 1. The second-order valence-electron chi connectivity index (χ2n) is 5.34. The second-order valence-corrected chi connectivity index (χ2v) is 5.34. The first kappa shape index (κ1) is 17.3. The number of aromatic nitrogens is 4. The van der Waals surface area contributed by atoms with Gasteiger partial charge in [0.15, 0.2) is 11.2 Å². The van der Waals surface area contributed by atoms with Crippen molar-refractivity contribution < 1.29 is 18.3 Å². The molecule has 0 spiro atoms.